The molecular weight excluding hydrogens is 326 g/mol. The number of nitrogens with zero attached hydrogens (tertiary/aromatic N) is 2. The summed E-state index contributed by atoms with van der Waals surface area (Å²) < 4.78 is 0. The van der Waals surface area contributed by atoms with E-state index in [4.69, 9.17) is 0 Å². The zero-order valence-electron chi connectivity index (χ0n) is 14.9. The van der Waals surface area contributed by atoms with Gasteiger partial charge in [-0.1, -0.05) is 30.3 Å². The summed E-state index contributed by atoms with van der Waals surface area (Å²) in [7, 11) is 0. The summed E-state index contributed by atoms with van der Waals surface area (Å²) in [6.45, 7) is 4.06. The van der Waals surface area contributed by atoms with E-state index in [1.165, 1.54) is 5.56 Å². The highest BCUT2D eigenvalue weighted by Crippen LogP contribution is 2.33. The van der Waals surface area contributed by atoms with E-state index in [0.717, 1.165) is 30.6 Å². The molecule has 1 N–H and O–H groups in total. The average molecular weight is 349 g/mol. The smallest absolute Gasteiger partial charge is 0.322 e. The van der Waals surface area contributed by atoms with Gasteiger partial charge < -0.3 is 10.2 Å². The van der Waals surface area contributed by atoms with Crippen LogP contribution in [0.25, 0.3) is 0 Å². The van der Waals surface area contributed by atoms with Gasteiger partial charge in [0.2, 0.25) is 0 Å². The van der Waals surface area contributed by atoms with Gasteiger partial charge in [-0.25, -0.2) is 4.79 Å². The van der Waals surface area contributed by atoms with Crippen molar-refractivity contribution in [2.45, 2.75) is 25.8 Å². The van der Waals surface area contributed by atoms with Crippen molar-refractivity contribution in [1.82, 2.24) is 10.2 Å². The molecule has 4 rings (SSSR count). The standard InChI is InChI=1S/C21H23N3O2/c1-15-14-17(9-10-18(15)24-13-11-22-21(24)26)20(25)23-12-5-8-19(23)16-6-3-2-4-7-16/h2-4,6-7,9-10,14,19H,5,8,11-13H2,1H3,(H,22,26). The topological polar surface area (TPSA) is 52.7 Å². The molecule has 5 nitrogen and oxygen atoms in total. The summed E-state index contributed by atoms with van der Waals surface area (Å²) in [5, 5.41) is 2.81. The lowest BCUT2D eigenvalue weighted by Crippen LogP contribution is -2.31. The van der Waals surface area contributed by atoms with Crippen molar-refractivity contribution < 1.29 is 9.59 Å². The maximum atomic E-state index is 13.1. The molecule has 2 aromatic rings. The molecule has 134 valence electrons. The van der Waals surface area contributed by atoms with E-state index in [9.17, 15) is 9.59 Å². The fourth-order valence-corrected chi connectivity index (χ4v) is 3.99. The van der Waals surface area contributed by atoms with Crippen molar-refractivity contribution in [1.29, 1.82) is 0 Å². The van der Waals surface area contributed by atoms with Gasteiger partial charge in [-0.15, -0.1) is 0 Å². The number of nitrogens with one attached hydrogen (secondary N) is 1. The van der Waals surface area contributed by atoms with E-state index in [1.807, 2.05) is 48.2 Å². The van der Waals surface area contributed by atoms with Crippen LogP contribution in [0.15, 0.2) is 48.5 Å². The van der Waals surface area contributed by atoms with E-state index in [1.54, 1.807) is 4.90 Å². The minimum absolute atomic E-state index is 0.0666. The zero-order chi connectivity index (χ0) is 18.1. The first-order valence-corrected chi connectivity index (χ1v) is 9.17. The second-order valence-corrected chi connectivity index (χ2v) is 6.95. The molecule has 0 spiro atoms. The normalized spacial score (nSPS) is 19.7. The number of hydrogen-bond acceptors (Lipinski definition) is 2. The van der Waals surface area contributed by atoms with E-state index in [0.29, 0.717) is 18.7 Å². The maximum Gasteiger partial charge on any atom is 0.322 e. The first-order valence-electron chi connectivity index (χ1n) is 9.17. The molecule has 1 unspecified atom stereocenters. The number of anilines is 1. The number of urea groups is 1. The molecule has 3 amide bonds. The van der Waals surface area contributed by atoms with E-state index < -0.39 is 0 Å². The van der Waals surface area contributed by atoms with Crippen molar-refractivity contribution >= 4 is 17.6 Å². The summed E-state index contributed by atoms with van der Waals surface area (Å²) in [5.41, 5.74) is 3.70. The molecule has 0 aliphatic carbocycles. The Hall–Kier alpha value is -2.82. The van der Waals surface area contributed by atoms with E-state index >= 15 is 0 Å². The highest BCUT2D eigenvalue weighted by molar-refractivity contribution is 5.98. The third kappa shape index (κ3) is 2.94. The number of rotatable bonds is 3. The Kier molecular flexibility index (Phi) is 4.37. The quantitative estimate of drug-likeness (QED) is 0.922. The third-order valence-corrected chi connectivity index (χ3v) is 5.29. The number of carbonyl (C=O) groups is 2. The molecule has 0 radical (unpaired) electrons. The van der Waals surface area contributed by atoms with Gasteiger partial charge in [0.15, 0.2) is 0 Å². The summed E-state index contributed by atoms with van der Waals surface area (Å²) in [6.07, 6.45) is 2.02. The Labute approximate surface area is 153 Å². The number of aryl methyl sites for hydroxylation is 1. The van der Waals surface area contributed by atoms with Crippen LogP contribution in [0.3, 0.4) is 0 Å². The molecule has 0 bridgehead atoms. The van der Waals surface area contributed by atoms with Gasteiger partial charge >= 0.3 is 6.03 Å². The van der Waals surface area contributed by atoms with Gasteiger partial charge in [-0.05, 0) is 49.1 Å². The fourth-order valence-electron chi connectivity index (χ4n) is 3.99. The number of benzene rings is 2. The van der Waals surface area contributed by atoms with Crippen LogP contribution in [0.1, 0.15) is 40.4 Å². The molecular formula is C21H23N3O2. The number of amides is 3. The summed E-state index contributed by atoms with van der Waals surface area (Å²) in [5.74, 6) is 0.0666. The second-order valence-electron chi connectivity index (χ2n) is 6.95. The van der Waals surface area contributed by atoms with Crippen LogP contribution in [-0.2, 0) is 0 Å². The predicted octanol–water partition coefficient (Wildman–Crippen LogP) is 3.50. The van der Waals surface area contributed by atoms with Crippen LogP contribution in [0.5, 0.6) is 0 Å². The van der Waals surface area contributed by atoms with Gasteiger partial charge in [0.1, 0.15) is 0 Å². The average Bonchev–Trinajstić information content (AvgIpc) is 3.31. The van der Waals surface area contributed by atoms with Crippen LogP contribution in [-0.4, -0.2) is 36.5 Å². The molecule has 26 heavy (non-hydrogen) atoms. The molecule has 5 heteroatoms. The Bertz CT molecular complexity index is 834. The highest BCUT2D eigenvalue weighted by Gasteiger charge is 2.31. The Balaban J connectivity index is 1.58. The molecule has 2 heterocycles. The van der Waals surface area contributed by atoms with Crippen LogP contribution in [0, 0.1) is 6.92 Å². The van der Waals surface area contributed by atoms with Gasteiger partial charge in [-0.2, -0.15) is 0 Å². The zero-order valence-corrected chi connectivity index (χ0v) is 14.9. The van der Waals surface area contributed by atoms with Crippen molar-refractivity contribution in [2.24, 2.45) is 0 Å². The van der Waals surface area contributed by atoms with Crippen molar-refractivity contribution in [3.8, 4) is 0 Å². The SMILES string of the molecule is Cc1cc(C(=O)N2CCCC2c2ccccc2)ccc1N1CCNC1=O. The molecule has 2 fully saturated rings. The third-order valence-electron chi connectivity index (χ3n) is 5.29. The van der Waals surface area contributed by atoms with E-state index in [-0.39, 0.29) is 18.0 Å². The Morgan fingerprint density at radius 2 is 1.92 bits per heavy atom. The summed E-state index contributed by atoms with van der Waals surface area (Å²) >= 11 is 0. The number of hydrogen-bond donors (Lipinski definition) is 1. The molecule has 2 aliphatic rings. The predicted molar refractivity (Wildman–Crippen MR) is 101 cm³/mol. The van der Waals surface area contributed by atoms with Crippen molar-refractivity contribution in [3.05, 3.63) is 65.2 Å². The van der Waals surface area contributed by atoms with Gasteiger partial charge in [-0.3, -0.25) is 9.69 Å². The Morgan fingerprint density at radius 1 is 1.12 bits per heavy atom. The molecule has 2 saturated heterocycles. The van der Waals surface area contributed by atoms with Crippen molar-refractivity contribution in [2.75, 3.05) is 24.5 Å². The van der Waals surface area contributed by atoms with Crippen LogP contribution < -0.4 is 10.2 Å². The summed E-state index contributed by atoms with van der Waals surface area (Å²) in [4.78, 5) is 28.7. The minimum atomic E-state index is -0.0733. The van der Waals surface area contributed by atoms with Crippen LogP contribution in [0.2, 0.25) is 0 Å². The largest absolute Gasteiger partial charge is 0.336 e. The van der Waals surface area contributed by atoms with Crippen LogP contribution in [0.4, 0.5) is 10.5 Å². The Morgan fingerprint density at radius 3 is 2.62 bits per heavy atom. The first-order chi connectivity index (χ1) is 12.6. The van der Waals surface area contributed by atoms with Crippen LogP contribution >= 0.6 is 0 Å². The lowest BCUT2D eigenvalue weighted by atomic mass is 10.0. The molecule has 0 saturated carbocycles. The van der Waals surface area contributed by atoms with Gasteiger partial charge in [0, 0.05) is 30.9 Å². The fraction of sp³-hybridized carbons (Fsp3) is 0.333. The highest BCUT2D eigenvalue weighted by atomic mass is 16.2. The minimum Gasteiger partial charge on any atom is -0.336 e. The second kappa shape index (κ2) is 6.83. The number of carbonyl (C=O) groups excluding carboxylic acids is 2. The molecule has 1 atom stereocenters. The monoisotopic (exact) mass is 349 g/mol. The van der Waals surface area contributed by atoms with Gasteiger partial charge in [0.25, 0.3) is 5.91 Å². The molecule has 2 aromatic carbocycles. The lowest BCUT2D eigenvalue weighted by molar-refractivity contribution is 0.0735. The maximum absolute atomic E-state index is 13.1. The summed E-state index contributed by atoms with van der Waals surface area (Å²) in [6, 6.07) is 16.0. The first kappa shape index (κ1) is 16.6. The molecule has 0 aromatic heterocycles. The number of likely N-dealkylation sites (tertiary alicyclic amines) is 1. The molecule has 2 aliphatic heterocycles. The van der Waals surface area contributed by atoms with Gasteiger partial charge in [0.05, 0.1) is 6.04 Å². The lowest BCUT2D eigenvalue weighted by Gasteiger charge is -2.26. The van der Waals surface area contributed by atoms with Crippen molar-refractivity contribution in [3.63, 3.8) is 0 Å². The van der Waals surface area contributed by atoms with E-state index in [2.05, 4.69) is 17.4 Å².